The summed E-state index contributed by atoms with van der Waals surface area (Å²) in [5.74, 6) is 0.635. The summed E-state index contributed by atoms with van der Waals surface area (Å²) in [5.41, 5.74) is 0.373. The van der Waals surface area contributed by atoms with Crippen LogP contribution in [0, 0.1) is 11.3 Å². The van der Waals surface area contributed by atoms with Crippen LogP contribution < -0.4 is 10.6 Å². The molecule has 0 bridgehead atoms. The summed E-state index contributed by atoms with van der Waals surface area (Å²) < 4.78 is 0. The third kappa shape index (κ3) is 3.34. The van der Waals surface area contributed by atoms with Crippen LogP contribution in [0.25, 0.3) is 0 Å². The fourth-order valence-electron chi connectivity index (χ4n) is 4.02. The lowest BCUT2D eigenvalue weighted by molar-refractivity contribution is -0.123. The minimum atomic E-state index is 0.314. The zero-order valence-electron chi connectivity index (χ0n) is 12.6. The number of carbonyl (C=O) groups excluding carboxylic acids is 1. The molecule has 0 aromatic rings. The van der Waals surface area contributed by atoms with E-state index in [9.17, 15) is 4.79 Å². The molecule has 1 amide bonds. The number of hydrogen-bond donors (Lipinski definition) is 2. The highest BCUT2D eigenvalue weighted by atomic mass is 16.2. The predicted molar refractivity (Wildman–Crippen MR) is 80.6 cm³/mol. The van der Waals surface area contributed by atoms with E-state index in [2.05, 4.69) is 15.5 Å². The number of amides is 1. The largest absolute Gasteiger partial charge is 0.355 e. The van der Waals surface area contributed by atoms with Gasteiger partial charge in [-0.05, 0) is 63.7 Å². The van der Waals surface area contributed by atoms with Crippen LogP contribution >= 0.6 is 0 Å². The van der Waals surface area contributed by atoms with E-state index < -0.39 is 0 Å². The van der Waals surface area contributed by atoms with E-state index in [1.54, 1.807) is 0 Å². The number of rotatable bonds is 4. The van der Waals surface area contributed by atoms with Crippen molar-refractivity contribution in [2.45, 2.75) is 44.9 Å². The van der Waals surface area contributed by atoms with Crippen LogP contribution in [0.3, 0.4) is 0 Å². The molecule has 1 spiro atoms. The molecule has 3 rings (SSSR count). The maximum absolute atomic E-state index is 12.2. The number of likely N-dealkylation sites (tertiary alicyclic amines) is 1. The molecule has 1 unspecified atom stereocenters. The molecule has 2 heterocycles. The van der Waals surface area contributed by atoms with Crippen molar-refractivity contribution in [2.24, 2.45) is 11.3 Å². The van der Waals surface area contributed by atoms with Crippen LogP contribution in [0.5, 0.6) is 0 Å². The topological polar surface area (TPSA) is 44.4 Å². The van der Waals surface area contributed by atoms with E-state index in [0.29, 0.717) is 17.2 Å². The molecule has 1 saturated carbocycles. The molecule has 4 nitrogen and oxygen atoms in total. The Morgan fingerprint density at radius 2 is 1.85 bits per heavy atom. The number of nitrogens with one attached hydrogen (secondary N) is 2. The van der Waals surface area contributed by atoms with Gasteiger partial charge in [-0.2, -0.15) is 0 Å². The molecule has 1 aliphatic carbocycles. The molecular weight excluding hydrogens is 250 g/mol. The molecule has 20 heavy (non-hydrogen) atoms. The molecule has 2 N–H and O–H groups in total. The quantitative estimate of drug-likeness (QED) is 0.817. The van der Waals surface area contributed by atoms with Gasteiger partial charge in [0.15, 0.2) is 0 Å². The Hall–Kier alpha value is -0.610. The summed E-state index contributed by atoms with van der Waals surface area (Å²) in [6.45, 7) is 6.50. The van der Waals surface area contributed by atoms with Crippen molar-refractivity contribution in [2.75, 3.05) is 39.3 Å². The number of nitrogens with zero attached hydrogens (tertiary/aromatic N) is 1. The SMILES string of the molecule is O=C(NCCN1CCCCCC1)C1CC12CCNCC2. The fraction of sp³-hybridized carbons (Fsp3) is 0.938. The first-order valence-electron chi connectivity index (χ1n) is 8.51. The van der Waals surface area contributed by atoms with Crippen LogP contribution in [0.1, 0.15) is 44.9 Å². The Morgan fingerprint density at radius 3 is 2.55 bits per heavy atom. The highest BCUT2D eigenvalue weighted by molar-refractivity contribution is 5.82. The standard InChI is InChI=1S/C16H29N3O/c20-15(14-13-16(14)5-7-17-8-6-16)18-9-12-19-10-3-1-2-4-11-19/h14,17H,1-13H2,(H,18,20). The van der Waals surface area contributed by atoms with Crippen LogP contribution in [0.4, 0.5) is 0 Å². The van der Waals surface area contributed by atoms with Gasteiger partial charge in [-0.1, -0.05) is 12.8 Å². The summed E-state index contributed by atoms with van der Waals surface area (Å²) in [4.78, 5) is 14.8. The maximum atomic E-state index is 12.2. The van der Waals surface area contributed by atoms with Crippen LogP contribution in [0.2, 0.25) is 0 Å². The molecule has 0 radical (unpaired) electrons. The Bertz CT molecular complexity index is 331. The van der Waals surface area contributed by atoms with Gasteiger partial charge >= 0.3 is 0 Å². The number of carbonyl (C=O) groups is 1. The highest BCUT2D eigenvalue weighted by Crippen LogP contribution is 2.58. The molecular formula is C16H29N3O. The Labute approximate surface area is 122 Å². The lowest BCUT2D eigenvalue weighted by Crippen LogP contribution is -2.38. The second-order valence-electron chi connectivity index (χ2n) is 6.92. The molecule has 4 heteroatoms. The van der Waals surface area contributed by atoms with E-state index in [0.717, 1.165) is 32.6 Å². The second kappa shape index (κ2) is 6.44. The zero-order valence-corrected chi connectivity index (χ0v) is 12.6. The predicted octanol–water partition coefficient (Wildman–Crippen LogP) is 1.37. The maximum Gasteiger partial charge on any atom is 0.223 e. The van der Waals surface area contributed by atoms with Crippen LogP contribution in [-0.2, 0) is 4.79 Å². The number of hydrogen-bond acceptors (Lipinski definition) is 3. The molecule has 2 aliphatic heterocycles. The van der Waals surface area contributed by atoms with Gasteiger partial charge in [-0.25, -0.2) is 0 Å². The van der Waals surface area contributed by atoms with Crippen molar-refractivity contribution in [1.29, 1.82) is 0 Å². The zero-order chi connectivity index (χ0) is 13.8. The monoisotopic (exact) mass is 279 g/mol. The van der Waals surface area contributed by atoms with Gasteiger partial charge in [-0.3, -0.25) is 4.79 Å². The average molecular weight is 279 g/mol. The van der Waals surface area contributed by atoms with Gasteiger partial charge in [0, 0.05) is 19.0 Å². The van der Waals surface area contributed by atoms with Crippen molar-refractivity contribution in [3.8, 4) is 0 Å². The lowest BCUT2D eigenvalue weighted by Gasteiger charge is -2.23. The molecule has 2 saturated heterocycles. The Kier molecular flexibility index (Phi) is 4.61. The first-order chi connectivity index (χ1) is 9.80. The normalized spacial score (nSPS) is 29.9. The molecule has 0 aromatic heterocycles. The minimum absolute atomic E-state index is 0.314. The van der Waals surface area contributed by atoms with Crippen LogP contribution in [-0.4, -0.2) is 50.1 Å². The lowest BCUT2D eigenvalue weighted by atomic mass is 9.92. The molecule has 114 valence electrons. The van der Waals surface area contributed by atoms with Gasteiger partial charge in [0.2, 0.25) is 5.91 Å². The molecule has 0 aromatic carbocycles. The third-order valence-corrected chi connectivity index (χ3v) is 5.53. The van der Waals surface area contributed by atoms with Crippen molar-refractivity contribution in [3.05, 3.63) is 0 Å². The van der Waals surface area contributed by atoms with Crippen molar-refractivity contribution in [1.82, 2.24) is 15.5 Å². The first kappa shape index (κ1) is 14.3. The third-order valence-electron chi connectivity index (χ3n) is 5.53. The van der Waals surface area contributed by atoms with Gasteiger partial charge in [0.25, 0.3) is 0 Å². The summed E-state index contributed by atoms with van der Waals surface area (Å²) in [7, 11) is 0. The van der Waals surface area contributed by atoms with Crippen molar-refractivity contribution in [3.63, 3.8) is 0 Å². The summed E-state index contributed by atoms with van der Waals surface area (Å²) >= 11 is 0. The smallest absolute Gasteiger partial charge is 0.223 e. The van der Waals surface area contributed by atoms with Crippen molar-refractivity contribution < 1.29 is 4.79 Å². The fourth-order valence-corrected chi connectivity index (χ4v) is 4.02. The Morgan fingerprint density at radius 1 is 1.15 bits per heavy atom. The van der Waals surface area contributed by atoms with Crippen molar-refractivity contribution >= 4 is 5.91 Å². The van der Waals surface area contributed by atoms with Gasteiger partial charge in [0.1, 0.15) is 0 Å². The summed E-state index contributed by atoms with van der Waals surface area (Å²) in [5, 5.41) is 6.58. The molecule has 3 fully saturated rings. The highest BCUT2D eigenvalue weighted by Gasteiger charge is 2.57. The van der Waals surface area contributed by atoms with Crippen LogP contribution in [0.15, 0.2) is 0 Å². The number of piperidine rings is 1. The van der Waals surface area contributed by atoms with Gasteiger partial charge in [-0.15, -0.1) is 0 Å². The molecule has 1 atom stereocenters. The van der Waals surface area contributed by atoms with E-state index in [1.165, 1.54) is 51.6 Å². The van der Waals surface area contributed by atoms with E-state index in [4.69, 9.17) is 0 Å². The molecule has 3 aliphatic rings. The Balaban J connectivity index is 1.35. The van der Waals surface area contributed by atoms with E-state index in [1.807, 2.05) is 0 Å². The average Bonchev–Trinajstić information content (AvgIpc) is 3.20. The minimum Gasteiger partial charge on any atom is -0.355 e. The first-order valence-corrected chi connectivity index (χ1v) is 8.51. The van der Waals surface area contributed by atoms with Gasteiger partial charge < -0.3 is 15.5 Å². The van der Waals surface area contributed by atoms with E-state index in [-0.39, 0.29) is 0 Å². The van der Waals surface area contributed by atoms with E-state index >= 15 is 0 Å². The summed E-state index contributed by atoms with van der Waals surface area (Å²) in [6, 6.07) is 0. The summed E-state index contributed by atoms with van der Waals surface area (Å²) in [6.07, 6.45) is 8.92. The van der Waals surface area contributed by atoms with Gasteiger partial charge in [0.05, 0.1) is 0 Å². The second-order valence-corrected chi connectivity index (χ2v) is 6.92.